The molecule has 1 N–H and O–H groups in total. The maximum atomic E-state index is 12.7. The van der Waals surface area contributed by atoms with Crippen molar-refractivity contribution in [2.45, 2.75) is 39.3 Å². The highest BCUT2D eigenvalue weighted by atomic mass is 32.1. The molecule has 0 saturated carbocycles. The summed E-state index contributed by atoms with van der Waals surface area (Å²) in [5.41, 5.74) is 0.713. The third-order valence-corrected chi connectivity index (χ3v) is 5.67. The zero-order valence-corrected chi connectivity index (χ0v) is 15.1. The minimum Gasteiger partial charge on any atom is -0.300 e. The van der Waals surface area contributed by atoms with Crippen molar-refractivity contribution in [2.75, 3.05) is 5.32 Å². The first-order valence-corrected chi connectivity index (χ1v) is 9.41. The molecule has 134 valence electrons. The van der Waals surface area contributed by atoms with Gasteiger partial charge in [-0.15, -0.1) is 11.3 Å². The zero-order valence-electron chi connectivity index (χ0n) is 14.3. The monoisotopic (exact) mass is 370 g/mol. The molecular formula is C18H18N4O3S. The quantitative estimate of drug-likeness (QED) is 0.758. The predicted octanol–water partition coefficient (Wildman–Crippen LogP) is 1.77. The summed E-state index contributed by atoms with van der Waals surface area (Å²) in [6.45, 7) is 1.83. The largest absolute Gasteiger partial charge is 0.331 e. The van der Waals surface area contributed by atoms with Crippen LogP contribution in [0.1, 0.15) is 23.9 Å². The van der Waals surface area contributed by atoms with E-state index in [1.807, 2.05) is 0 Å². The number of nitrogens with zero attached hydrogens (tertiary/aromatic N) is 3. The number of fused-ring (bicyclic) bond motifs is 2. The number of anilines is 1. The second-order valence-corrected chi connectivity index (χ2v) is 7.31. The molecule has 0 unspecified atom stereocenters. The Hall–Kier alpha value is -2.74. The van der Waals surface area contributed by atoms with Crippen LogP contribution >= 0.6 is 11.3 Å². The number of rotatable bonds is 4. The van der Waals surface area contributed by atoms with Crippen molar-refractivity contribution in [2.24, 2.45) is 0 Å². The van der Waals surface area contributed by atoms with Gasteiger partial charge >= 0.3 is 5.69 Å². The average molecular weight is 370 g/mol. The zero-order chi connectivity index (χ0) is 18.3. The van der Waals surface area contributed by atoms with Crippen molar-refractivity contribution in [3.05, 3.63) is 55.7 Å². The van der Waals surface area contributed by atoms with Gasteiger partial charge in [-0.3, -0.25) is 18.7 Å². The van der Waals surface area contributed by atoms with Crippen molar-refractivity contribution in [1.82, 2.24) is 14.1 Å². The van der Waals surface area contributed by atoms with Gasteiger partial charge in [-0.2, -0.15) is 0 Å². The highest BCUT2D eigenvalue weighted by molar-refractivity contribution is 7.15. The molecule has 0 radical (unpaired) electrons. The Balaban J connectivity index is 1.68. The number of carbonyl (C=O) groups is 1. The van der Waals surface area contributed by atoms with Gasteiger partial charge in [0.1, 0.15) is 6.54 Å². The molecule has 3 aromatic rings. The molecular weight excluding hydrogens is 352 g/mol. The number of hydrogen-bond acceptors (Lipinski definition) is 5. The Morgan fingerprint density at radius 1 is 1.23 bits per heavy atom. The van der Waals surface area contributed by atoms with E-state index in [9.17, 15) is 14.4 Å². The number of nitrogens with one attached hydrogen (secondary N) is 1. The molecule has 8 heteroatoms. The van der Waals surface area contributed by atoms with Gasteiger partial charge in [0.15, 0.2) is 5.13 Å². The average Bonchev–Trinajstić information content (AvgIpc) is 3.20. The number of hydrogen-bond donors (Lipinski definition) is 1. The van der Waals surface area contributed by atoms with Crippen LogP contribution in [0.15, 0.2) is 33.9 Å². The molecule has 0 spiro atoms. The SMILES string of the molecule is CCn1c(=O)c2ccccc2n(CC(=O)Nc2nc3c(s2)CCC3)c1=O. The molecule has 0 atom stereocenters. The van der Waals surface area contributed by atoms with Gasteiger partial charge in [-0.25, -0.2) is 9.78 Å². The summed E-state index contributed by atoms with van der Waals surface area (Å²) in [5.74, 6) is -0.328. The number of aromatic nitrogens is 3. The molecule has 0 saturated heterocycles. The fourth-order valence-electron chi connectivity index (χ4n) is 3.35. The fourth-order valence-corrected chi connectivity index (χ4v) is 4.41. The number of aryl methyl sites for hydroxylation is 2. The minimum absolute atomic E-state index is 0.163. The van der Waals surface area contributed by atoms with E-state index in [-0.39, 0.29) is 24.6 Å². The first-order chi connectivity index (χ1) is 12.6. The van der Waals surface area contributed by atoms with Crippen LogP contribution < -0.4 is 16.6 Å². The van der Waals surface area contributed by atoms with Crippen molar-refractivity contribution < 1.29 is 4.79 Å². The summed E-state index contributed by atoms with van der Waals surface area (Å²) >= 11 is 1.49. The predicted molar refractivity (Wildman–Crippen MR) is 101 cm³/mol. The topological polar surface area (TPSA) is 86.0 Å². The Bertz CT molecular complexity index is 1100. The summed E-state index contributed by atoms with van der Waals surface area (Å²) in [6, 6.07) is 6.85. The number of thiazole rings is 1. The molecule has 0 fully saturated rings. The summed E-state index contributed by atoms with van der Waals surface area (Å²) in [6.07, 6.45) is 3.07. The Kier molecular flexibility index (Phi) is 4.20. The molecule has 2 heterocycles. The minimum atomic E-state index is -0.479. The van der Waals surface area contributed by atoms with Crippen LogP contribution in [-0.2, 0) is 30.7 Å². The van der Waals surface area contributed by atoms with E-state index < -0.39 is 5.69 Å². The first-order valence-electron chi connectivity index (χ1n) is 8.59. The number of benzene rings is 1. The maximum absolute atomic E-state index is 12.7. The Morgan fingerprint density at radius 2 is 2.04 bits per heavy atom. The van der Waals surface area contributed by atoms with Gasteiger partial charge in [-0.05, 0) is 38.3 Å². The van der Waals surface area contributed by atoms with Gasteiger partial charge in [0.2, 0.25) is 5.91 Å². The second kappa shape index (κ2) is 6.53. The fraction of sp³-hybridized carbons (Fsp3) is 0.333. The molecule has 2 aromatic heterocycles. The van der Waals surface area contributed by atoms with Crippen LogP contribution in [0, 0.1) is 0 Å². The highest BCUT2D eigenvalue weighted by Crippen LogP contribution is 2.30. The summed E-state index contributed by atoms with van der Waals surface area (Å²) in [5, 5.41) is 3.78. The van der Waals surface area contributed by atoms with Gasteiger partial charge in [0.05, 0.1) is 16.6 Å². The van der Waals surface area contributed by atoms with Crippen LogP contribution in [0.4, 0.5) is 5.13 Å². The molecule has 1 aliphatic carbocycles. The number of para-hydroxylation sites is 1. The van der Waals surface area contributed by atoms with E-state index in [0.717, 1.165) is 29.5 Å². The summed E-state index contributed by atoms with van der Waals surface area (Å²) in [4.78, 5) is 43.3. The van der Waals surface area contributed by atoms with Gasteiger partial charge < -0.3 is 5.32 Å². The smallest absolute Gasteiger partial charge is 0.300 e. The maximum Gasteiger partial charge on any atom is 0.331 e. The third-order valence-electron chi connectivity index (χ3n) is 4.59. The van der Waals surface area contributed by atoms with Crippen molar-refractivity contribution in [3.8, 4) is 0 Å². The van der Waals surface area contributed by atoms with E-state index in [2.05, 4.69) is 10.3 Å². The van der Waals surface area contributed by atoms with E-state index >= 15 is 0 Å². The van der Waals surface area contributed by atoms with E-state index in [1.165, 1.54) is 20.8 Å². The Morgan fingerprint density at radius 3 is 2.81 bits per heavy atom. The van der Waals surface area contributed by atoms with E-state index in [0.29, 0.717) is 16.0 Å². The van der Waals surface area contributed by atoms with Crippen LogP contribution in [0.5, 0.6) is 0 Å². The summed E-state index contributed by atoms with van der Waals surface area (Å²) in [7, 11) is 0. The van der Waals surface area contributed by atoms with Crippen molar-refractivity contribution in [1.29, 1.82) is 0 Å². The summed E-state index contributed by atoms with van der Waals surface area (Å²) < 4.78 is 2.49. The van der Waals surface area contributed by atoms with Crippen LogP contribution in [0.25, 0.3) is 10.9 Å². The van der Waals surface area contributed by atoms with E-state index in [4.69, 9.17) is 0 Å². The van der Waals surface area contributed by atoms with Crippen molar-refractivity contribution >= 4 is 33.3 Å². The van der Waals surface area contributed by atoms with Crippen LogP contribution in [0.2, 0.25) is 0 Å². The molecule has 0 aliphatic heterocycles. The standard InChI is InChI=1S/C18H18N4O3S/c1-2-21-16(24)11-6-3-4-8-13(11)22(18(21)25)10-15(23)20-17-19-12-7-5-9-14(12)26-17/h3-4,6,8H,2,5,7,9-10H2,1H3,(H,19,20,23). The normalized spacial score (nSPS) is 13.1. The third kappa shape index (κ3) is 2.76. The molecule has 26 heavy (non-hydrogen) atoms. The number of carbonyl (C=O) groups excluding carboxylic acids is 1. The lowest BCUT2D eigenvalue weighted by atomic mass is 10.2. The number of amides is 1. The lowest BCUT2D eigenvalue weighted by Crippen LogP contribution is -2.41. The van der Waals surface area contributed by atoms with Crippen LogP contribution in [-0.4, -0.2) is 20.0 Å². The molecule has 7 nitrogen and oxygen atoms in total. The Labute approximate surface area is 152 Å². The molecule has 1 aliphatic rings. The lowest BCUT2D eigenvalue weighted by Gasteiger charge is -2.12. The molecule has 0 bridgehead atoms. The molecule has 1 aromatic carbocycles. The van der Waals surface area contributed by atoms with Gasteiger partial charge in [0, 0.05) is 11.4 Å². The molecule has 1 amide bonds. The van der Waals surface area contributed by atoms with Crippen LogP contribution in [0.3, 0.4) is 0 Å². The molecule has 4 rings (SSSR count). The van der Waals surface area contributed by atoms with Gasteiger partial charge in [-0.1, -0.05) is 12.1 Å². The first kappa shape index (κ1) is 16.7. The lowest BCUT2D eigenvalue weighted by molar-refractivity contribution is -0.116. The van der Waals surface area contributed by atoms with E-state index in [1.54, 1.807) is 31.2 Å². The van der Waals surface area contributed by atoms with Crippen molar-refractivity contribution in [3.63, 3.8) is 0 Å². The van der Waals surface area contributed by atoms with Gasteiger partial charge in [0.25, 0.3) is 5.56 Å². The highest BCUT2D eigenvalue weighted by Gasteiger charge is 2.19. The second-order valence-electron chi connectivity index (χ2n) is 6.23.